The number of aromatic amines is 1. The maximum Gasteiger partial charge on any atom is 0.257 e. The fourth-order valence-corrected chi connectivity index (χ4v) is 3.08. The summed E-state index contributed by atoms with van der Waals surface area (Å²) in [7, 11) is 0. The van der Waals surface area contributed by atoms with E-state index in [1.807, 2.05) is 75.4 Å². The number of aldehydes is 1. The molecular formula is C24H22N2O2. The zero-order chi connectivity index (χ0) is 20.1. The molecule has 0 unspecified atom stereocenters. The first-order valence-electron chi connectivity index (χ1n) is 9.31. The molecule has 0 aliphatic rings. The summed E-state index contributed by atoms with van der Waals surface area (Å²) in [6.45, 7) is 5.84. The molecule has 4 nitrogen and oxygen atoms in total. The molecule has 1 N–H and O–H groups in total. The maximum absolute atomic E-state index is 12.4. The second-order valence-corrected chi connectivity index (χ2v) is 6.20. The van der Waals surface area contributed by atoms with Crippen LogP contribution in [0.2, 0.25) is 0 Å². The molecule has 0 amide bonds. The van der Waals surface area contributed by atoms with E-state index in [1.54, 1.807) is 12.1 Å². The van der Waals surface area contributed by atoms with Gasteiger partial charge in [-0.2, -0.15) is 0 Å². The van der Waals surface area contributed by atoms with Crippen LogP contribution in [0.5, 0.6) is 0 Å². The molecule has 0 saturated heterocycles. The van der Waals surface area contributed by atoms with E-state index in [9.17, 15) is 9.59 Å². The third-order valence-corrected chi connectivity index (χ3v) is 4.37. The van der Waals surface area contributed by atoms with Crippen LogP contribution < -0.4 is 5.56 Å². The number of pyridine rings is 2. The van der Waals surface area contributed by atoms with Crippen LogP contribution in [0, 0.1) is 6.92 Å². The van der Waals surface area contributed by atoms with Gasteiger partial charge in [0.1, 0.15) is 6.29 Å². The lowest BCUT2D eigenvalue weighted by molar-refractivity contribution is 0.112. The monoisotopic (exact) mass is 370 g/mol. The van der Waals surface area contributed by atoms with Crippen molar-refractivity contribution in [3.8, 4) is 22.4 Å². The predicted octanol–water partition coefficient (Wildman–Crippen LogP) is 5.40. The number of carbonyl (C=O) groups is 1. The Balaban J connectivity index is 0.00000109. The zero-order valence-corrected chi connectivity index (χ0v) is 16.2. The molecule has 28 heavy (non-hydrogen) atoms. The summed E-state index contributed by atoms with van der Waals surface area (Å²) in [4.78, 5) is 30.9. The molecule has 4 aromatic rings. The number of fused-ring (bicyclic) bond motifs is 1. The van der Waals surface area contributed by atoms with Gasteiger partial charge in [0.05, 0.1) is 16.6 Å². The number of benzene rings is 2. The van der Waals surface area contributed by atoms with E-state index in [-0.39, 0.29) is 5.56 Å². The van der Waals surface area contributed by atoms with E-state index < -0.39 is 0 Å². The minimum atomic E-state index is -0.146. The van der Waals surface area contributed by atoms with E-state index in [0.717, 1.165) is 34.4 Å². The molecular weight excluding hydrogens is 348 g/mol. The average Bonchev–Trinajstić information content (AvgIpc) is 2.75. The summed E-state index contributed by atoms with van der Waals surface area (Å²) >= 11 is 0. The Labute approximate surface area is 163 Å². The summed E-state index contributed by atoms with van der Waals surface area (Å²) in [5.74, 6) is 0. The van der Waals surface area contributed by atoms with Crippen LogP contribution in [0.1, 0.15) is 29.9 Å². The van der Waals surface area contributed by atoms with Gasteiger partial charge in [0.15, 0.2) is 0 Å². The highest BCUT2D eigenvalue weighted by Crippen LogP contribution is 2.32. The van der Waals surface area contributed by atoms with Crippen molar-refractivity contribution in [2.24, 2.45) is 0 Å². The van der Waals surface area contributed by atoms with Crippen molar-refractivity contribution in [2.45, 2.75) is 20.8 Å². The van der Waals surface area contributed by atoms with Crippen molar-refractivity contribution in [2.75, 3.05) is 0 Å². The molecule has 140 valence electrons. The van der Waals surface area contributed by atoms with Gasteiger partial charge in [-0.1, -0.05) is 68.4 Å². The quantitative estimate of drug-likeness (QED) is 0.491. The third kappa shape index (κ3) is 3.76. The highest BCUT2D eigenvalue weighted by Gasteiger charge is 2.13. The lowest BCUT2D eigenvalue weighted by Crippen LogP contribution is -2.09. The van der Waals surface area contributed by atoms with Crippen LogP contribution in [0.3, 0.4) is 0 Å². The van der Waals surface area contributed by atoms with Crippen molar-refractivity contribution < 1.29 is 4.79 Å². The van der Waals surface area contributed by atoms with Crippen molar-refractivity contribution in [1.29, 1.82) is 0 Å². The van der Waals surface area contributed by atoms with Crippen LogP contribution >= 0.6 is 0 Å². The highest BCUT2D eigenvalue weighted by molar-refractivity contribution is 5.91. The Morgan fingerprint density at radius 2 is 1.57 bits per heavy atom. The zero-order valence-electron chi connectivity index (χ0n) is 16.2. The first-order chi connectivity index (χ1) is 13.7. The Morgan fingerprint density at radius 1 is 0.893 bits per heavy atom. The Bertz CT molecular complexity index is 1160. The predicted molar refractivity (Wildman–Crippen MR) is 115 cm³/mol. The summed E-state index contributed by atoms with van der Waals surface area (Å²) in [6, 6.07) is 20.9. The molecule has 0 spiro atoms. The Morgan fingerprint density at radius 3 is 2.21 bits per heavy atom. The topological polar surface area (TPSA) is 62.8 Å². The van der Waals surface area contributed by atoms with E-state index in [2.05, 4.69) is 4.98 Å². The Hall–Kier alpha value is -3.53. The molecule has 0 radical (unpaired) electrons. The highest BCUT2D eigenvalue weighted by atomic mass is 16.1. The smallest absolute Gasteiger partial charge is 0.257 e. The number of hydrogen-bond donors (Lipinski definition) is 1. The second-order valence-electron chi connectivity index (χ2n) is 6.20. The molecule has 4 rings (SSSR count). The van der Waals surface area contributed by atoms with Crippen molar-refractivity contribution in [3.05, 3.63) is 88.3 Å². The lowest BCUT2D eigenvalue weighted by Gasteiger charge is -2.12. The molecule has 0 bridgehead atoms. The fraction of sp³-hybridized carbons (Fsp3) is 0.125. The first-order valence-corrected chi connectivity index (χ1v) is 9.31. The minimum absolute atomic E-state index is 0.146. The molecule has 4 heteroatoms. The van der Waals surface area contributed by atoms with Crippen LogP contribution in [-0.2, 0) is 0 Å². The number of hydrogen-bond acceptors (Lipinski definition) is 3. The van der Waals surface area contributed by atoms with Crippen molar-refractivity contribution in [1.82, 2.24) is 9.97 Å². The van der Waals surface area contributed by atoms with Crippen LogP contribution in [0.4, 0.5) is 0 Å². The number of H-pyrrole nitrogens is 1. The molecule has 0 aliphatic carbocycles. The molecule has 2 heterocycles. The summed E-state index contributed by atoms with van der Waals surface area (Å²) in [5.41, 5.74) is 5.43. The van der Waals surface area contributed by atoms with Gasteiger partial charge in [-0.3, -0.25) is 9.59 Å². The molecule has 0 saturated carbocycles. The lowest BCUT2D eigenvalue weighted by atomic mass is 9.97. The summed E-state index contributed by atoms with van der Waals surface area (Å²) in [6.07, 6.45) is 0.818. The number of aromatic nitrogens is 2. The van der Waals surface area contributed by atoms with Gasteiger partial charge in [-0.25, -0.2) is 4.98 Å². The number of nitrogens with one attached hydrogen (secondary N) is 1. The normalized spacial score (nSPS) is 10.2. The third-order valence-electron chi connectivity index (χ3n) is 4.37. The first kappa shape index (κ1) is 19.2. The summed E-state index contributed by atoms with van der Waals surface area (Å²) < 4.78 is 0. The molecule has 2 aromatic heterocycles. The van der Waals surface area contributed by atoms with Crippen LogP contribution in [0.15, 0.2) is 71.5 Å². The van der Waals surface area contributed by atoms with Gasteiger partial charge in [0.2, 0.25) is 0 Å². The van der Waals surface area contributed by atoms with E-state index in [1.165, 1.54) is 0 Å². The minimum Gasteiger partial charge on any atom is -0.326 e. The number of rotatable bonds is 3. The van der Waals surface area contributed by atoms with Crippen LogP contribution in [-0.4, -0.2) is 16.3 Å². The van der Waals surface area contributed by atoms with Gasteiger partial charge >= 0.3 is 0 Å². The van der Waals surface area contributed by atoms with Gasteiger partial charge in [-0.15, -0.1) is 0 Å². The van der Waals surface area contributed by atoms with Gasteiger partial charge in [-0.05, 0) is 24.6 Å². The van der Waals surface area contributed by atoms with Gasteiger partial charge in [0, 0.05) is 22.4 Å². The van der Waals surface area contributed by atoms with Crippen molar-refractivity contribution >= 4 is 17.2 Å². The second kappa shape index (κ2) is 8.44. The maximum atomic E-state index is 12.4. The fourth-order valence-electron chi connectivity index (χ4n) is 3.08. The van der Waals surface area contributed by atoms with E-state index in [0.29, 0.717) is 16.5 Å². The molecule has 0 aliphatic heterocycles. The largest absolute Gasteiger partial charge is 0.326 e. The molecule has 0 fully saturated rings. The molecule has 2 aromatic carbocycles. The number of nitrogens with zero attached hydrogens (tertiary/aromatic N) is 1. The van der Waals surface area contributed by atoms with E-state index in [4.69, 9.17) is 4.98 Å². The number of aryl methyl sites for hydroxylation is 1. The number of carbonyl (C=O) groups excluding carboxylic acids is 1. The SMILES string of the molecule is CC.Cc1cc2nc(-c3ccc(C=O)cc3)c(-c3ccccc3)cc2c(=O)[nH]1. The van der Waals surface area contributed by atoms with Gasteiger partial charge < -0.3 is 4.98 Å². The molecule has 0 atom stereocenters. The average molecular weight is 370 g/mol. The van der Waals surface area contributed by atoms with Crippen molar-refractivity contribution in [3.63, 3.8) is 0 Å². The van der Waals surface area contributed by atoms with E-state index >= 15 is 0 Å². The van der Waals surface area contributed by atoms with Crippen LogP contribution in [0.25, 0.3) is 33.3 Å². The standard InChI is InChI=1S/C22H16N2O2.C2H6/c1-14-11-20-19(22(26)23-14)12-18(16-5-3-2-4-6-16)21(24-20)17-9-7-15(13-25)8-10-17;1-2/h2-13H,1H3,(H,23,26);1-2H3. The van der Waals surface area contributed by atoms with Gasteiger partial charge in [0.25, 0.3) is 5.56 Å². The Kier molecular flexibility index (Phi) is 5.80. The summed E-state index contributed by atoms with van der Waals surface area (Å²) in [5, 5.41) is 0.558.